The molecule has 2 aromatic carbocycles. The van der Waals surface area contributed by atoms with E-state index in [1.165, 1.54) is 11.1 Å². The van der Waals surface area contributed by atoms with Crippen LogP contribution < -0.4 is 0 Å². The lowest BCUT2D eigenvalue weighted by Crippen LogP contribution is -1.98. The van der Waals surface area contributed by atoms with Gasteiger partial charge < -0.3 is 10.2 Å². The minimum atomic E-state index is 0.248. The van der Waals surface area contributed by atoms with Crippen molar-refractivity contribution in [3.05, 3.63) is 89.0 Å². The van der Waals surface area contributed by atoms with Crippen LogP contribution >= 0.6 is 11.6 Å². The van der Waals surface area contributed by atoms with Crippen LogP contribution in [0.2, 0.25) is 0 Å². The summed E-state index contributed by atoms with van der Waals surface area (Å²) in [5.74, 6) is 1.11. The van der Waals surface area contributed by atoms with Crippen LogP contribution in [0.4, 0.5) is 0 Å². The second-order valence-electron chi connectivity index (χ2n) is 6.06. The SMILES string of the molecule is Oc1ccc(C(=C(CCCCl)C2=CC=CC2)c2ccc(O)cc2)cc1. The maximum atomic E-state index is 9.65. The third-order valence-corrected chi connectivity index (χ3v) is 4.60. The number of alkyl halides is 1. The summed E-state index contributed by atoms with van der Waals surface area (Å²) in [6, 6.07) is 14.5. The summed E-state index contributed by atoms with van der Waals surface area (Å²) in [5.41, 5.74) is 5.77. The van der Waals surface area contributed by atoms with E-state index in [9.17, 15) is 10.2 Å². The largest absolute Gasteiger partial charge is 0.508 e. The number of aromatic hydroxyl groups is 2. The van der Waals surface area contributed by atoms with Gasteiger partial charge in [0, 0.05) is 5.88 Å². The Labute approximate surface area is 153 Å². The van der Waals surface area contributed by atoms with Crippen LogP contribution in [0, 0.1) is 0 Å². The molecule has 2 N–H and O–H groups in total. The number of rotatable bonds is 6. The molecule has 0 unspecified atom stereocenters. The van der Waals surface area contributed by atoms with E-state index in [-0.39, 0.29) is 11.5 Å². The van der Waals surface area contributed by atoms with Crippen LogP contribution in [0.25, 0.3) is 5.57 Å². The van der Waals surface area contributed by atoms with E-state index in [0.29, 0.717) is 5.88 Å². The molecule has 0 spiro atoms. The average Bonchev–Trinajstić information content (AvgIpc) is 3.15. The van der Waals surface area contributed by atoms with Crippen molar-refractivity contribution >= 4 is 17.2 Å². The summed E-state index contributed by atoms with van der Waals surface area (Å²) in [6.45, 7) is 0. The maximum absolute atomic E-state index is 9.65. The summed E-state index contributed by atoms with van der Waals surface area (Å²) in [6.07, 6.45) is 9.09. The topological polar surface area (TPSA) is 40.5 Å². The van der Waals surface area contributed by atoms with Crippen molar-refractivity contribution in [2.24, 2.45) is 0 Å². The van der Waals surface area contributed by atoms with Crippen molar-refractivity contribution in [2.75, 3.05) is 5.88 Å². The maximum Gasteiger partial charge on any atom is 0.115 e. The molecule has 1 aliphatic carbocycles. The molecule has 0 saturated heterocycles. The smallest absolute Gasteiger partial charge is 0.115 e. The number of hydrogen-bond acceptors (Lipinski definition) is 2. The number of phenolic OH excluding ortho intramolecular Hbond substituents is 2. The van der Waals surface area contributed by atoms with Crippen molar-refractivity contribution in [3.8, 4) is 11.5 Å². The van der Waals surface area contributed by atoms with Crippen molar-refractivity contribution in [3.63, 3.8) is 0 Å². The highest BCUT2D eigenvalue weighted by molar-refractivity contribution is 6.17. The molecule has 0 aliphatic heterocycles. The fraction of sp³-hybridized carbons (Fsp3) is 0.182. The Hall–Kier alpha value is -2.45. The second-order valence-corrected chi connectivity index (χ2v) is 6.44. The van der Waals surface area contributed by atoms with Crippen molar-refractivity contribution in [1.29, 1.82) is 0 Å². The molecule has 25 heavy (non-hydrogen) atoms. The highest BCUT2D eigenvalue weighted by atomic mass is 35.5. The zero-order valence-electron chi connectivity index (χ0n) is 14.0. The Morgan fingerprint density at radius 3 is 1.88 bits per heavy atom. The molecule has 0 heterocycles. The van der Waals surface area contributed by atoms with Crippen molar-refractivity contribution in [1.82, 2.24) is 0 Å². The number of allylic oxidation sites excluding steroid dienone is 5. The predicted octanol–water partition coefficient (Wildman–Crippen LogP) is 5.81. The molecule has 0 atom stereocenters. The summed E-state index contributed by atoms with van der Waals surface area (Å²) in [7, 11) is 0. The molecule has 0 bridgehead atoms. The van der Waals surface area contributed by atoms with Gasteiger partial charge in [-0.1, -0.05) is 42.5 Å². The molecular formula is C22H21ClO2. The van der Waals surface area contributed by atoms with E-state index in [2.05, 4.69) is 18.2 Å². The highest BCUT2D eigenvalue weighted by Gasteiger charge is 2.16. The third-order valence-electron chi connectivity index (χ3n) is 4.33. The Kier molecular flexibility index (Phi) is 5.62. The molecule has 3 rings (SSSR count). The van der Waals surface area contributed by atoms with E-state index in [1.54, 1.807) is 24.3 Å². The van der Waals surface area contributed by atoms with Crippen LogP contribution in [0.1, 0.15) is 30.4 Å². The van der Waals surface area contributed by atoms with Gasteiger partial charge in [-0.3, -0.25) is 0 Å². The van der Waals surface area contributed by atoms with Crippen LogP contribution in [0.15, 0.2) is 77.9 Å². The predicted molar refractivity (Wildman–Crippen MR) is 104 cm³/mol. The second kappa shape index (κ2) is 8.09. The zero-order chi connectivity index (χ0) is 17.6. The number of benzene rings is 2. The molecule has 0 radical (unpaired) electrons. The first-order valence-corrected chi connectivity index (χ1v) is 8.96. The third kappa shape index (κ3) is 4.15. The molecule has 0 saturated carbocycles. The van der Waals surface area contributed by atoms with Gasteiger partial charge in [-0.25, -0.2) is 0 Å². The van der Waals surface area contributed by atoms with E-state index in [4.69, 9.17) is 11.6 Å². The van der Waals surface area contributed by atoms with E-state index in [0.717, 1.165) is 36.0 Å². The summed E-state index contributed by atoms with van der Waals surface area (Å²) in [4.78, 5) is 0. The first kappa shape index (κ1) is 17.4. The minimum Gasteiger partial charge on any atom is -0.508 e. The molecular weight excluding hydrogens is 332 g/mol. The van der Waals surface area contributed by atoms with Crippen LogP contribution in [-0.2, 0) is 0 Å². The first-order valence-electron chi connectivity index (χ1n) is 8.43. The van der Waals surface area contributed by atoms with Crippen LogP contribution in [-0.4, -0.2) is 16.1 Å². The van der Waals surface area contributed by atoms with Gasteiger partial charge in [0.25, 0.3) is 0 Å². The number of phenols is 2. The van der Waals surface area contributed by atoms with E-state index < -0.39 is 0 Å². The summed E-state index contributed by atoms with van der Waals surface area (Å²) < 4.78 is 0. The Morgan fingerprint density at radius 1 is 0.880 bits per heavy atom. The van der Waals surface area contributed by atoms with Gasteiger partial charge in [0.1, 0.15) is 11.5 Å². The zero-order valence-corrected chi connectivity index (χ0v) is 14.7. The summed E-state index contributed by atoms with van der Waals surface area (Å²) >= 11 is 5.97. The Balaban J connectivity index is 2.18. The molecule has 128 valence electrons. The fourth-order valence-electron chi connectivity index (χ4n) is 3.13. The minimum absolute atomic E-state index is 0.248. The van der Waals surface area contributed by atoms with Crippen molar-refractivity contribution < 1.29 is 10.2 Å². The highest BCUT2D eigenvalue weighted by Crippen LogP contribution is 2.36. The monoisotopic (exact) mass is 352 g/mol. The van der Waals surface area contributed by atoms with Crippen LogP contribution in [0.3, 0.4) is 0 Å². The van der Waals surface area contributed by atoms with Gasteiger partial charge in [-0.15, -0.1) is 11.6 Å². The normalized spacial score (nSPS) is 12.9. The number of halogens is 1. The number of hydrogen-bond donors (Lipinski definition) is 2. The standard InChI is InChI=1S/C22H21ClO2/c23-15-3-6-21(16-4-1-2-5-16)22(17-7-11-19(24)12-8-17)18-9-13-20(25)14-10-18/h1-2,4,7-14,24-25H,3,5-6,15H2. The molecule has 2 aromatic rings. The Bertz CT molecular complexity index is 765. The van der Waals surface area contributed by atoms with E-state index in [1.807, 2.05) is 24.3 Å². The quantitative estimate of drug-likeness (QED) is 0.644. The van der Waals surface area contributed by atoms with Gasteiger partial charge >= 0.3 is 0 Å². The molecule has 0 aromatic heterocycles. The lowest BCUT2D eigenvalue weighted by atomic mass is 9.86. The van der Waals surface area contributed by atoms with Gasteiger partial charge in [0.15, 0.2) is 0 Å². The lowest BCUT2D eigenvalue weighted by molar-refractivity contribution is 0.475. The summed E-state index contributed by atoms with van der Waals surface area (Å²) in [5, 5.41) is 19.3. The molecule has 3 heteroatoms. The molecule has 0 fully saturated rings. The first-order chi connectivity index (χ1) is 12.2. The van der Waals surface area contributed by atoms with Gasteiger partial charge in [-0.05, 0) is 71.4 Å². The van der Waals surface area contributed by atoms with Gasteiger partial charge in [0.2, 0.25) is 0 Å². The van der Waals surface area contributed by atoms with Crippen LogP contribution in [0.5, 0.6) is 11.5 Å². The average molecular weight is 353 g/mol. The molecule has 2 nitrogen and oxygen atoms in total. The fourth-order valence-corrected chi connectivity index (χ4v) is 3.27. The Morgan fingerprint density at radius 2 is 1.44 bits per heavy atom. The lowest BCUT2D eigenvalue weighted by Gasteiger charge is -2.18. The van der Waals surface area contributed by atoms with Crippen molar-refractivity contribution in [2.45, 2.75) is 19.3 Å². The molecule has 0 amide bonds. The van der Waals surface area contributed by atoms with Gasteiger partial charge in [0.05, 0.1) is 0 Å². The molecule has 1 aliphatic rings. The van der Waals surface area contributed by atoms with Gasteiger partial charge in [-0.2, -0.15) is 0 Å². The van der Waals surface area contributed by atoms with E-state index >= 15 is 0 Å².